The van der Waals surface area contributed by atoms with Crippen LogP contribution in [0.5, 0.6) is 0 Å². The smallest absolute Gasteiger partial charge is 0.302 e. The Morgan fingerprint density at radius 2 is 1.85 bits per heavy atom. The van der Waals surface area contributed by atoms with Crippen molar-refractivity contribution in [3.63, 3.8) is 0 Å². The highest BCUT2D eigenvalue weighted by molar-refractivity contribution is 6.03. The van der Waals surface area contributed by atoms with Gasteiger partial charge in [-0.1, -0.05) is 38.1 Å². The number of hydrogen-bond acceptors (Lipinski definition) is 6. The van der Waals surface area contributed by atoms with Gasteiger partial charge in [0.2, 0.25) is 0 Å². The predicted octanol–water partition coefficient (Wildman–Crippen LogP) is 0.691. The van der Waals surface area contributed by atoms with Gasteiger partial charge in [-0.05, 0) is 11.5 Å². The molecule has 0 saturated carbocycles. The Bertz CT molecular complexity index is 844. The van der Waals surface area contributed by atoms with E-state index >= 15 is 0 Å². The zero-order chi connectivity index (χ0) is 20.1. The number of benzene rings is 1. The van der Waals surface area contributed by atoms with Crippen LogP contribution in [0.1, 0.15) is 35.8 Å². The van der Waals surface area contributed by atoms with Crippen molar-refractivity contribution >= 4 is 23.5 Å². The average Bonchev–Trinajstić information content (AvgIpc) is 2.61. The number of nitrogen functional groups attached to an aromatic ring is 1. The highest BCUT2D eigenvalue weighted by Gasteiger charge is 2.21. The second-order valence-corrected chi connectivity index (χ2v) is 6.39. The third-order valence-corrected chi connectivity index (χ3v) is 3.99. The molecule has 0 bridgehead atoms. The van der Waals surface area contributed by atoms with Gasteiger partial charge < -0.3 is 27.2 Å². The van der Waals surface area contributed by atoms with E-state index in [1.165, 1.54) is 5.56 Å². The zero-order valence-electron chi connectivity index (χ0n) is 15.7. The number of nitrogens with zero attached hydrogens (tertiary/aromatic N) is 4. The number of nitrogens with two attached hydrogens (primary N) is 3. The van der Waals surface area contributed by atoms with Crippen LogP contribution in [-0.4, -0.2) is 47.1 Å². The van der Waals surface area contributed by atoms with Gasteiger partial charge in [0.25, 0.3) is 0 Å². The van der Waals surface area contributed by atoms with Crippen molar-refractivity contribution in [1.82, 2.24) is 9.97 Å². The number of aliphatic imine (C=N–C) groups is 1. The second-order valence-electron chi connectivity index (χ2n) is 6.39. The summed E-state index contributed by atoms with van der Waals surface area (Å²) in [6.45, 7) is 4.46. The molecule has 1 amide bonds. The number of aromatic nitrogens is 2. The van der Waals surface area contributed by atoms with Crippen LogP contribution in [-0.2, 0) is 0 Å². The van der Waals surface area contributed by atoms with Crippen LogP contribution >= 0.6 is 0 Å². The molecule has 9 nitrogen and oxygen atoms in total. The molecule has 9 heteroatoms. The molecule has 0 radical (unpaired) electrons. The Hall–Kier alpha value is -3.20. The van der Waals surface area contributed by atoms with Crippen LogP contribution in [0.15, 0.2) is 29.3 Å². The third-order valence-electron chi connectivity index (χ3n) is 3.99. The molecule has 0 aliphatic heterocycles. The normalized spacial score (nSPS) is 10.7. The van der Waals surface area contributed by atoms with Crippen LogP contribution < -0.4 is 22.1 Å². The molecule has 0 unspecified atom stereocenters. The van der Waals surface area contributed by atoms with Gasteiger partial charge in [0.05, 0.1) is 6.61 Å². The molecule has 7 N–H and O–H groups in total. The van der Waals surface area contributed by atoms with E-state index in [0.29, 0.717) is 24.0 Å². The zero-order valence-corrected chi connectivity index (χ0v) is 15.7. The summed E-state index contributed by atoms with van der Waals surface area (Å²) in [4.78, 5) is 26.1. The van der Waals surface area contributed by atoms with Gasteiger partial charge >= 0.3 is 5.91 Å². The van der Waals surface area contributed by atoms with E-state index in [1.54, 1.807) is 11.9 Å². The molecule has 2 rings (SSSR count). The van der Waals surface area contributed by atoms with Crippen LogP contribution in [0.2, 0.25) is 0 Å². The standard InChI is InChI=1S/C18H25N7O2/c1-10(2)11-4-6-12(7-5-11)13-16(25(3)8-9-26)23-15(19)14(22-13)17(27)24-18(20)21/h4-7,10,26H,8-9H2,1-3H3,(H2,19,23)(H4,20,21,24,27). The first-order chi connectivity index (χ1) is 12.7. The van der Waals surface area contributed by atoms with Gasteiger partial charge in [0.1, 0.15) is 5.69 Å². The van der Waals surface area contributed by atoms with E-state index in [9.17, 15) is 9.90 Å². The number of anilines is 2. The molecule has 0 atom stereocenters. The molecule has 144 valence electrons. The van der Waals surface area contributed by atoms with Crippen molar-refractivity contribution in [3.8, 4) is 11.3 Å². The molecular weight excluding hydrogens is 346 g/mol. The van der Waals surface area contributed by atoms with E-state index in [4.69, 9.17) is 17.2 Å². The second kappa shape index (κ2) is 8.45. The molecule has 0 fully saturated rings. The molecule has 1 aromatic heterocycles. The maximum absolute atomic E-state index is 12.2. The maximum Gasteiger partial charge on any atom is 0.302 e. The summed E-state index contributed by atoms with van der Waals surface area (Å²) in [7, 11) is 1.75. The number of guanidine groups is 1. The van der Waals surface area contributed by atoms with E-state index in [-0.39, 0.29) is 24.1 Å². The summed E-state index contributed by atoms with van der Waals surface area (Å²) >= 11 is 0. The Kier molecular flexibility index (Phi) is 6.30. The first kappa shape index (κ1) is 20.1. The monoisotopic (exact) mass is 371 g/mol. The van der Waals surface area contributed by atoms with E-state index in [1.807, 2.05) is 24.3 Å². The average molecular weight is 371 g/mol. The third kappa shape index (κ3) is 4.70. The summed E-state index contributed by atoms with van der Waals surface area (Å²) in [5.74, 6) is -0.415. The number of amides is 1. The van der Waals surface area contributed by atoms with Gasteiger partial charge in [0.15, 0.2) is 23.3 Å². The Morgan fingerprint density at radius 1 is 1.22 bits per heavy atom. The minimum absolute atomic E-state index is 0.0709. The Morgan fingerprint density at radius 3 is 2.37 bits per heavy atom. The predicted molar refractivity (Wildman–Crippen MR) is 106 cm³/mol. The number of carbonyl (C=O) groups is 1. The first-order valence-corrected chi connectivity index (χ1v) is 8.48. The highest BCUT2D eigenvalue weighted by Crippen LogP contribution is 2.30. The molecule has 0 spiro atoms. The van der Waals surface area contributed by atoms with Gasteiger partial charge in [0, 0.05) is 19.2 Å². The van der Waals surface area contributed by atoms with Crippen LogP contribution in [0.3, 0.4) is 0 Å². The van der Waals surface area contributed by atoms with Crippen molar-refractivity contribution in [1.29, 1.82) is 0 Å². The lowest BCUT2D eigenvalue weighted by Gasteiger charge is -2.21. The number of rotatable bonds is 6. The number of likely N-dealkylation sites (N-methyl/N-ethyl adjacent to an activating group) is 1. The molecule has 1 heterocycles. The number of aliphatic hydroxyl groups excluding tert-OH is 1. The Labute approximate surface area is 157 Å². The maximum atomic E-state index is 12.2. The Balaban J connectivity index is 2.63. The summed E-state index contributed by atoms with van der Waals surface area (Å²) in [6, 6.07) is 7.79. The van der Waals surface area contributed by atoms with E-state index in [0.717, 1.165) is 5.56 Å². The fourth-order valence-corrected chi connectivity index (χ4v) is 2.51. The molecule has 27 heavy (non-hydrogen) atoms. The summed E-state index contributed by atoms with van der Waals surface area (Å²) in [5.41, 5.74) is 18.7. The van der Waals surface area contributed by atoms with Gasteiger partial charge in [-0.3, -0.25) is 4.79 Å². The van der Waals surface area contributed by atoms with Crippen molar-refractivity contribution in [2.75, 3.05) is 30.8 Å². The lowest BCUT2D eigenvalue weighted by atomic mass is 10.0. The molecule has 1 aromatic carbocycles. The fourth-order valence-electron chi connectivity index (χ4n) is 2.51. The minimum atomic E-state index is -0.767. The van der Waals surface area contributed by atoms with Crippen LogP contribution in [0.25, 0.3) is 11.3 Å². The first-order valence-electron chi connectivity index (χ1n) is 8.48. The van der Waals surface area contributed by atoms with Crippen molar-refractivity contribution in [2.45, 2.75) is 19.8 Å². The van der Waals surface area contributed by atoms with Crippen molar-refractivity contribution in [3.05, 3.63) is 35.5 Å². The lowest BCUT2D eigenvalue weighted by Crippen LogP contribution is -2.26. The SMILES string of the molecule is CC(C)c1ccc(-c2nc(C(=O)N=C(N)N)c(N)nc2N(C)CCO)cc1. The molecule has 0 aliphatic carbocycles. The van der Waals surface area contributed by atoms with Crippen LogP contribution in [0.4, 0.5) is 11.6 Å². The summed E-state index contributed by atoms with van der Waals surface area (Å²) in [5, 5.41) is 9.25. The molecule has 0 aliphatic rings. The largest absolute Gasteiger partial charge is 0.395 e. The van der Waals surface area contributed by atoms with Crippen molar-refractivity contribution in [2.24, 2.45) is 16.5 Å². The lowest BCUT2D eigenvalue weighted by molar-refractivity contribution is 0.0998. The highest BCUT2D eigenvalue weighted by atomic mass is 16.3. The van der Waals surface area contributed by atoms with Crippen molar-refractivity contribution < 1.29 is 9.90 Å². The molecule has 0 saturated heterocycles. The summed E-state index contributed by atoms with van der Waals surface area (Å²) < 4.78 is 0. The number of hydrogen-bond donors (Lipinski definition) is 4. The van der Waals surface area contributed by atoms with Gasteiger partial charge in [-0.2, -0.15) is 4.99 Å². The van der Waals surface area contributed by atoms with Gasteiger partial charge in [-0.25, -0.2) is 9.97 Å². The fraction of sp³-hybridized carbons (Fsp3) is 0.333. The summed E-state index contributed by atoms with van der Waals surface area (Å²) in [6.07, 6.45) is 0. The van der Waals surface area contributed by atoms with E-state index < -0.39 is 5.91 Å². The van der Waals surface area contributed by atoms with Gasteiger partial charge in [-0.15, -0.1) is 0 Å². The molecular formula is C18H25N7O2. The topological polar surface area (TPSA) is 157 Å². The molecule has 2 aromatic rings. The quantitative estimate of drug-likeness (QED) is 0.427. The number of carbonyl (C=O) groups excluding carboxylic acids is 1. The minimum Gasteiger partial charge on any atom is -0.395 e. The number of aliphatic hydroxyl groups is 1. The van der Waals surface area contributed by atoms with Crippen LogP contribution in [0, 0.1) is 0 Å². The van der Waals surface area contributed by atoms with E-state index in [2.05, 4.69) is 28.8 Å².